The number of nitro groups is 1. The van der Waals surface area contributed by atoms with Crippen LogP contribution in [0.2, 0.25) is 0 Å². The predicted molar refractivity (Wildman–Crippen MR) is 109 cm³/mol. The van der Waals surface area contributed by atoms with Crippen LogP contribution in [0.4, 0.5) is 17.2 Å². The number of piperazine rings is 1. The topological polar surface area (TPSA) is 109 Å². The van der Waals surface area contributed by atoms with Crippen molar-refractivity contribution in [2.75, 3.05) is 36.4 Å². The van der Waals surface area contributed by atoms with E-state index in [0.717, 1.165) is 18.9 Å². The first-order chi connectivity index (χ1) is 14.0. The molecule has 1 aliphatic heterocycles. The van der Waals surface area contributed by atoms with Gasteiger partial charge in [0.1, 0.15) is 5.82 Å². The third kappa shape index (κ3) is 5.74. The number of aromatic nitrogens is 1. The lowest BCUT2D eigenvalue weighted by Crippen LogP contribution is -2.49. The number of hydrogen-bond acceptors (Lipinski definition) is 6. The summed E-state index contributed by atoms with van der Waals surface area (Å²) in [6, 6.07) is 11.4. The smallest absolute Gasteiger partial charge is 0.269 e. The molecule has 2 aromatic rings. The number of carbonyl (C=O) groups excluding carboxylic acids is 2. The molecule has 0 unspecified atom stereocenters. The lowest BCUT2D eigenvalue weighted by atomic mass is 10.2. The second-order valence-corrected chi connectivity index (χ2v) is 6.76. The van der Waals surface area contributed by atoms with Crippen molar-refractivity contribution in [2.45, 2.75) is 19.3 Å². The van der Waals surface area contributed by atoms with Crippen LogP contribution >= 0.6 is 0 Å². The van der Waals surface area contributed by atoms with Crippen molar-refractivity contribution in [1.82, 2.24) is 9.88 Å². The molecule has 0 bridgehead atoms. The molecule has 9 heteroatoms. The lowest BCUT2D eigenvalue weighted by Gasteiger charge is -2.35. The van der Waals surface area contributed by atoms with E-state index in [1.54, 1.807) is 6.20 Å². The van der Waals surface area contributed by atoms with Crippen molar-refractivity contribution in [3.05, 3.63) is 58.8 Å². The monoisotopic (exact) mass is 397 g/mol. The zero-order valence-corrected chi connectivity index (χ0v) is 16.0. The fourth-order valence-electron chi connectivity index (χ4n) is 3.17. The Morgan fingerprint density at radius 3 is 2.38 bits per heavy atom. The normalized spacial score (nSPS) is 13.8. The Morgan fingerprint density at radius 2 is 1.76 bits per heavy atom. The Morgan fingerprint density at radius 1 is 1.03 bits per heavy atom. The Hall–Kier alpha value is -3.49. The summed E-state index contributed by atoms with van der Waals surface area (Å²) in [6.45, 7) is 2.77. The molecule has 1 aromatic heterocycles. The van der Waals surface area contributed by atoms with Crippen LogP contribution in [0.15, 0.2) is 48.7 Å². The zero-order chi connectivity index (χ0) is 20.6. The van der Waals surface area contributed by atoms with Crippen LogP contribution < -0.4 is 10.2 Å². The van der Waals surface area contributed by atoms with Gasteiger partial charge >= 0.3 is 0 Å². The first-order valence-electron chi connectivity index (χ1n) is 9.51. The van der Waals surface area contributed by atoms with Gasteiger partial charge < -0.3 is 15.1 Å². The largest absolute Gasteiger partial charge is 0.353 e. The van der Waals surface area contributed by atoms with Crippen LogP contribution in [0.3, 0.4) is 0 Å². The molecule has 0 aliphatic carbocycles. The lowest BCUT2D eigenvalue weighted by molar-refractivity contribution is -0.384. The van der Waals surface area contributed by atoms with Crippen LogP contribution in [0.25, 0.3) is 0 Å². The summed E-state index contributed by atoms with van der Waals surface area (Å²) in [5.41, 5.74) is 0.467. The SMILES string of the molecule is O=C(CCCC(=O)N1CCN(c2ccccn2)CC1)Nc1ccc([N+](=O)[O-])cc1. The van der Waals surface area contributed by atoms with Crippen LogP contribution in [-0.2, 0) is 9.59 Å². The number of amides is 2. The number of benzene rings is 1. The molecule has 3 rings (SSSR count). The number of anilines is 2. The molecule has 0 spiro atoms. The van der Waals surface area contributed by atoms with E-state index < -0.39 is 4.92 Å². The molecule has 0 radical (unpaired) electrons. The van der Waals surface area contributed by atoms with E-state index in [0.29, 0.717) is 31.6 Å². The van der Waals surface area contributed by atoms with Gasteiger partial charge in [-0.15, -0.1) is 0 Å². The molecule has 1 saturated heterocycles. The number of nitrogens with one attached hydrogen (secondary N) is 1. The fraction of sp³-hybridized carbons (Fsp3) is 0.350. The van der Waals surface area contributed by atoms with Gasteiger partial charge in [0.25, 0.3) is 5.69 Å². The summed E-state index contributed by atoms with van der Waals surface area (Å²) in [6.07, 6.45) is 2.75. The van der Waals surface area contributed by atoms with E-state index in [1.807, 2.05) is 23.1 Å². The van der Waals surface area contributed by atoms with Crippen molar-refractivity contribution >= 4 is 29.0 Å². The molecule has 1 aliphatic rings. The van der Waals surface area contributed by atoms with Crippen molar-refractivity contribution in [2.24, 2.45) is 0 Å². The third-order valence-electron chi connectivity index (χ3n) is 4.76. The minimum absolute atomic E-state index is 0.0308. The quantitative estimate of drug-likeness (QED) is 0.568. The summed E-state index contributed by atoms with van der Waals surface area (Å²) in [7, 11) is 0. The second kappa shape index (κ2) is 9.63. The second-order valence-electron chi connectivity index (χ2n) is 6.76. The highest BCUT2D eigenvalue weighted by atomic mass is 16.6. The van der Waals surface area contributed by atoms with Gasteiger partial charge in [-0.25, -0.2) is 4.98 Å². The minimum Gasteiger partial charge on any atom is -0.353 e. The van der Waals surface area contributed by atoms with E-state index in [4.69, 9.17) is 0 Å². The van der Waals surface area contributed by atoms with Gasteiger partial charge in [0.2, 0.25) is 11.8 Å². The Bertz CT molecular complexity index is 849. The molecule has 1 aromatic carbocycles. The number of rotatable bonds is 7. The highest BCUT2D eigenvalue weighted by molar-refractivity contribution is 5.91. The number of nitro benzene ring substituents is 1. The van der Waals surface area contributed by atoms with Crippen LogP contribution in [0, 0.1) is 10.1 Å². The average Bonchev–Trinajstić information content (AvgIpc) is 2.75. The summed E-state index contributed by atoms with van der Waals surface area (Å²) < 4.78 is 0. The molecule has 2 heterocycles. The van der Waals surface area contributed by atoms with Crippen molar-refractivity contribution in [3.63, 3.8) is 0 Å². The van der Waals surface area contributed by atoms with E-state index in [1.165, 1.54) is 24.3 Å². The van der Waals surface area contributed by atoms with Gasteiger partial charge in [-0.3, -0.25) is 19.7 Å². The maximum atomic E-state index is 12.4. The first kappa shape index (κ1) is 20.2. The van der Waals surface area contributed by atoms with Crippen molar-refractivity contribution in [3.8, 4) is 0 Å². The summed E-state index contributed by atoms with van der Waals surface area (Å²) in [5.74, 6) is 0.753. The fourth-order valence-corrected chi connectivity index (χ4v) is 3.17. The first-order valence-corrected chi connectivity index (χ1v) is 9.51. The van der Waals surface area contributed by atoms with Crippen LogP contribution in [0.5, 0.6) is 0 Å². The summed E-state index contributed by atoms with van der Waals surface area (Å²) in [4.78, 5) is 42.8. The molecular weight excluding hydrogens is 374 g/mol. The number of hydrogen-bond donors (Lipinski definition) is 1. The standard InChI is InChI=1S/C20H23N5O4/c26-19(22-16-7-9-17(10-8-16)25(28)29)5-3-6-20(27)24-14-12-23(13-15-24)18-4-1-2-11-21-18/h1-2,4,7-11H,3,5-6,12-15H2,(H,22,26). The molecule has 9 nitrogen and oxygen atoms in total. The van der Waals surface area contributed by atoms with E-state index in [9.17, 15) is 19.7 Å². The van der Waals surface area contributed by atoms with Crippen molar-refractivity contribution < 1.29 is 14.5 Å². The highest BCUT2D eigenvalue weighted by Crippen LogP contribution is 2.16. The van der Waals surface area contributed by atoms with Gasteiger partial charge in [0, 0.05) is 63.0 Å². The molecule has 0 atom stereocenters. The Balaban J connectivity index is 1.36. The van der Waals surface area contributed by atoms with Gasteiger partial charge in [0.05, 0.1) is 4.92 Å². The zero-order valence-electron chi connectivity index (χ0n) is 16.0. The van der Waals surface area contributed by atoms with E-state index in [2.05, 4.69) is 15.2 Å². The number of non-ortho nitro benzene ring substituents is 1. The third-order valence-corrected chi connectivity index (χ3v) is 4.76. The Labute approximate surface area is 168 Å². The van der Waals surface area contributed by atoms with Crippen molar-refractivity contribution in [1.29, 1.82) is 0 Å². The van der Waals surface area contributed by atoms with E-state index >= 15 is 0 Å². The molecule has 2 amide bonds. The molecule has 152 valence electrons. The van der Waals surface area contributed by atoms with Gasteiger partial charge in [-0.05, 0) is 30.7 Å². The van der Waals surface area contributed by atoms with Gasteiger partial charge in [-0.2, -0.15) is 0 Å². The maximum absolute atomic E-state index is 12.4. The summed E-state index contributed by atoms with van der Waals surface area (Å²) >= 11 is 0. The molecule has 1 N–H and O–H groups in total. The number of carbonyl (C=O) groups is 2. The number of nitrogens with zero attached hydrogens (tertiary/aromatic N) is 4. The highest BCUT2D eigenvalue weighted by Gasteiger charge is 2.21. The molecule has 29 heavy (non-hydrogen) atoms. The van der Waals surface area contributed by atoms with Crippen LogP contribution in [-0.4, -0.2) is 52.8 Å². The average molecular weight is 397 g/mol. The van der Waals surface area contributed by atoms with Gasteiger partial charge in [-0.1, -0.05) is 6.07 Å². The van der Waals surface area contributed by atoms with Crippen LogP contribution in [0.1, 0.15) is 19.3 Å². The van der Waals surface area contributed by atoms with Gasteiger partial charge in [0.15, 0.2) is 0 Å². The minimum atomic E-state index is -0.493. The molecule has 1 fully saturated rings. The van der Waals surface area contributed by atoms with E-state index in [-0.39, 0.29) is 23.9 Å². The molecular formula is C20H23N5O4. The number of pyridine rings is 1. The Kier molecular flexibility index (Phi) is 6.72. The summed E-state index contributed by atoms with van der Waals surface area (Å²) in [5, 5.41) is 13.3. The molecule has 0 saturated carbocycles. The maximum Gasteiger partial charge on any atom is 0.269 e. The predicted octanol–water partition coefficient (Wildman–Crippen LogP) is 2.45.